The van der Waals surface area contributed by atoms with Crippen molar-refractivity contribution in [1.82, 2.24) is 19.7 Å². The van der Waals surface area contributed by atoms with E-state index in [1.165, 1.54) is 22.3 Å². The lowest BCUT2D eigenvalue weighted by atomic mass is 10.3. The zero-order valence-corrected chi connectivity index (χ0v) is 10.6. The number of nitrogens with zero attached hydrogens (tertiary/aromatic N) is 4. The first-order chi connectivity index (χ1) is 9.20. The molecule has 19 heavy (non-hydrogen) atoms. The van der Waals surface area contributed by atoms with Crippen molar-refractivity contribution in [3.63, 3.8) is 0 Å². The maximum Gasteiger partial charge on any atom is 0.246 e. The number of amides is 1. The molecule has 2 aromatic heterocycles. The third kappa shape index (κ3) is 2.52. The first-order valence-corrected chi connectivity index (χ1v) is 6.37. The lowest BCUT2D eigenvalue weighted by Crippen LogP contribution is -2.19. The molecule has 1 aromatic carbocycles. The first-order valence-electron chi connectivity index (χ1n) is 5.49. The minimum Gasteiger partial charge on any atom is -0.367 e. The number of rotatable bonds is 3. The Balaban J connectivity index is 1.71. The lowest BCUT2D eigenvalue weighted by Gasteiger charge is -2.04. The molecule has 0 aliphatic carbocycles. The second-order valence-corrected chi connectivity index (χ2v) is 4.77. The smallest absolute Gasteiger partial charge is 0.246 e. The molecule has 0 unspecified atom stereocenters. The van der Waals surface area contributed by atoms with Crippen molar-refractivity contribution in [2.75, 3.05) is 11.1 Å². The van der Waals surface area contributed by atoms with Crippen molar-refractivity contribution in [2.24, 2.45) is 0 Å². The minimum atomic E-state index is -0.186. The Morgan fingerprint density at radius 3 is 3.11 bits per heavy atom. The van der Waals surface area contributed by atoms with Crippen LogP contribution in [0.4, 0.5) is 11.6 Å². The fourth-order valence-corrected chi connectivity index (χ4v) is 2.38. The summed E-state index contributed by atoms with van der Waals surface area (Å²) in [6, 6.07) is 5.57. The number of fused-ring (bicyclic) bond motifs is 1. The van der Waals surface area contributed by atoms with Gasteiger partial charge in [-0.3, -0.25) is 4.79 Å². The van der Waals surface area contributed by atoms with Gasteiger partial charge in [0.1, 0.15) is 12.9 Å². The molecule has 1 amide bonds. The van der Waals surface area contributed by atoms with E-state index in [-0.39, 0.29) is 18.4 Å². The molecule has 96 valence electrons. The molecule has 0 radical (unpaired) electrons. The highest BCUT2D eigenvalue weighted by molar-refractivity contribution is 7.16. The van der Waals surface area contributed by atoms with Gasteiger partial charge >= 0.3 is 0 Å². The van der Waals surface area contributed by atoms with E-state index in [1.807, 2.05) is 18.2 Å². The predicted octanol–water partition coefficient (Wildman–Crippen LogP) is 1.11. The number of anilines is 2. The molecule has 0 bridgehead atoms. The molecule has 0 spiro atoms. The van der Waals surface area contributed by atoms with Gasteiger partial charge in [-0.15, -0.1) is 16.4 Å². The number of nitrogens with two attached hydrogens (primary N) is 1. The molecule has 3 rings (SSSR count). The molecule has 0 fully saturated rings. The van der Waals surface area contributed by atoms with E-state index in [9.17, 15) is 4.79 Å². The van der Waals surface area contributed by atoms with Gasteiger partial charge in [-0.25, -0.2) is 14.6 Å². The van der Waals surface area contributed by atoms with Gasteiger partial charge in [0.25, 0.3) is 0 Å². The number of thiazole rings is 1. The van der Waals surface area contributed by atoms with Gasteiger partial charge in [0.05, 0.1) is 15.7 Å². The fraction of sp³-hybridized carbons (Fsp3) is 0.0909. The minimum absolute atomic E-state index is 0.0743. The number of nitrogen functional groups attached to an aromatic ring is 1. The van der Waals surface area contributed by atoms with Crippen LogP contribution in [0.1, 0.15) is 0 Å². The number of carbonyl (C=O) groups is 1. The summed E-state index contributed by atoms with van der Waals surface area (Å²) >= 11 is 1.53. The van der Waals surface area contributed by atoms with Gasteiger partial charge < -0.3 is 11.1 Å². The third-order valence-corrected chi connectivity index (χ3v) is 3.27. The van der Waals surface area contributed by atoms with Crippen LogP contribution in [0.5, 0.6) is 0 Å². The van der Waals surface area contributed by atoms with Gasteiger partial charge in [0.15, 0.2) is 0 Å². The topological polar surface area (TPSA) is 98.7 Å². The molecule has 8 heteroatoms. The van der Waals surface area contributed by atoms with Crippen LogP contribution in [0.15, 0.2) is 30.0 Å². The van der Waals surface area contributed by atoms with Crippen LogP contribution in [0.25, 0.3) is 10.2 Å². The highest BCUT2D eigenvalue weighted by Crippen LogP contribution is 2.21. The van der Waals surface area contributed by atoms with E-state index in [2.05, 4.69) is 20.4 Å². The normalized spacial score (nSPS) is 10.7. The predicted molar refractivity (Wildman–Crippen MR) is 72.7 cm³/mol. The number of hydrogen-bond acceptors (Lipinski definition) is 6. The number of hydrogen-bond donors (Lipinski definition) is 2. The fourth-order valence-electron chi connectivity index (χ4n) is 1.67. The van der Waals surface area contributed by atoms with Crippen molar-refractivity contribution in [3.8, 4) is 0 Å². The number of benzene rings is 1. The summed E-state index contributed by atoms with van der Waals surface area (Å²) in [6.45, 7) is 0.0743. The Morgan fingerprint density at radius 1 is 1.42 bits per heavy atom. The summed E-state index contributed by atoms with van der Waals surface area (Å²) in [4.78, 5) is 19.7. The van der Waals surface area contributed by atoms with Crippen LogP contribution in [0, 0.1) is 0 Å². The molecule has 3 aromatic rings. The monoisotopic (exact) mass is 274 g/mol. The molecular weight excluding hydrogens is 264 g/mol. The van der Waals surface area contributed by atoms with Crippen LogP contribution in [-0.4, -0.2) is 25.7 Å². The second kappa shape index (κ2) is 4.65. The summed E-state index contributed by atoms with van der Waals surface area (Å²) in [5.41, 5.74) is 8.80. The van der Waals surface area contributed by atoms with Gasteiger partial charge in [0.2, 0.25) is 11.9 Å². The lowest BCUT2D eigenvalue weighted by molar-refractivity contribution is -0.116. The number of carbonyl (C=O) groups excluding carboxylic acids is 1. The summed E-state index contributed by atoms with van der Waals surface area (Å²) in [5, 5.41) is 6.64. The standard InChI is InChI=1S/C11H10N6OS/c12-11-13-5-17(16-11)4-10(18)15-7-1-2-8-9(3-7)19-6-14-8/h1-3,5-6H,4H2,(H2,12,16)(H,15,18). The molecular formula is C11H10N6OS. The maximum atomic E-state index is 11.8. The van der Waals surface area contributed by atoms with E-state index >= 15 is 0 Å². The zero-order chi connectivity index (χ0) is 13.2. The van der Waals surface area contributed by atoms with E-state index in [4.69, 9.17) is 5.73 Å². The van der Waals surface area contributed by atoms with Crippen LogP contribution in [0.2, 0.25) is 0 Å². The quantitative estimate of drug-likeness (QED) is 0.745. The molecule has 7 nitrogen and oxygen atoms in total. The molecule has 3 N–H and O–H groups in total. The van der Waals surface area contributed by atoms with Crippen molar-refractivity contribution in [2.45, 2.75) is 6.54 Å². The Labute approximate surface area is 112 Å². The SMILES string of the molecule is Nc1ncn(CC(=O)Nc2ccc3ncsc3c2)n1. The van der Waals surface area contributed by atoms with Crippen molar-refractivity contribution < 1.29 is 4.79 Å². The van der Waals surface area contributed by atoms with Gasteiger partial charge in [-0.1, -0.05) is 0 Å². The Bertz CT molecular complexity index is 733. The molecule has 0 saturated carbocycles. The average Bonchev–Trinajstić information content (AvgIpc) is 2.97. The van der Waals surface area contributed by atoms with Crippen LogP contribution in [-0.2, 0) is 11.3 Å². The van der Waals surface area contributed by atoms with E-state index in [0.717, 1.165) is 15.9 Å². The summed E-state index contributed by atoms with van der Waals surface area (Å²) in [5.74, 6) is -0.0346. The number of nitrogens with one attached hydrogen (secondary N) is 1. The molecule has 0 aliphatic rings. The Morgan fingerprint density at radius 2 is 2.32 bits per heavy atom. The highest BCUT2D eigenvalue weighted by Gasteiger charge is 2.06. The zero-order valence-electron chi connectivity index (χ0n) is 9.78. The first kappa shape index (κ1) is 11.6. The van der Waals surface area contributed by atoms with E-state index in [1.54, 1.807) is 5.51 Å². The van der Waals surface area contributed by atoms with Gasteiger partial charge in [-0.05, 0) is 18.2 Å². The highest BCUT2D eigenvalue weighted by atomic mass is 32.1. The second-order valence-electron chi connectivity index (χ2n) is 3.88. The van der Waals surface area contributed by atoms with Gasteiger partial charge in [0, 0.05) is 5.69 Å². The number of aromatic nitrogens is 4. The summed E-state index contributed by atoms with van der Waals surface area (Å²) in [7, 11) is 0. The van der Waals surface area contributed by atoms with Gasteiger partial charge in [-0.2, -0.15) is 0 Å². The van der Waals surface area contributed by atoms with E-state index < -0.39 is 0 Å². The van der Waals surface area contributed by atoms with Crippen molar-refractivity contribution in [1.29, 1.82) is 0 Å². The van der Waals surface area contributed by atoms with Crippen molar-refractivity contribution in [3.05, 3.63) is 30.0 Å². The third-order valence-electron chi connectivity index (χ3n) is 2.47. The summed E-state index contributed by atoms with van der Waals surface area (Å²) in [6.07, 6.45) is 1.42. The maximum absolute atomic E-state index is 11.8. The van der Waals surface area contributed by atoms with Crippen LogP contribution in [0.3, 0.4) is 0 Å². The molecule has 0 atom stereocenters. The van der Waals surface area contributed by atoms with E-state index in [0.29, 0.717) is 0 Å². The molecule has 0 aliphatic heterocycles. The van der Waals surface area contributed by atoms with Crippen molar-refractivity contribution >= 4 is 39.1 Å². The average molecular weight is 274 g/mol. The van der Waals surface area contributed by atoms with Crippen LogP contribution < -0.4 is 11.1 Å². The Hall–Kier alpha value is -2.48. The van der Waals surface area contributed by atoms with Crippen LogP contribution >= 0.6 is 11.3 Å². The largest absolute Gasteiger partial charge is 0.367 e. The Kier molecular flexibility index (Phi) is 2.84. The summed E-state index contributed by atoms with van der Waals surface area (Å²) < 4.78 is 2.42. The molecule has 2 heterocycles. The molecule has 0 saturated heterocycles.